The molecule has 5 heteroatoms. The number of nitrogens with zero attached hydrogens (tertiary/aromatic N) is 2. The van der Waals surface area contributed by atoms with Gasteiger partial charge in [0, 0.05) is 11.1 Å². The molecule has 156 valence electrons. The van der Waals surface area contributed by atoms with Crippen LogP contribution in [0.1, 0.15) is 49.7 Å². The summed E-state index contributed by atoms with van der Waals surface area (Å²) in [6, 6.07) is 13.8. The van der Waals surface area contributed by atoms with Crippen molar-refractivity contribution >= 4 is 0 Å². The molecule has 3 aromatic rings. The van der Waals surface area contributed by atoms with Gasteiger partial charge in [0.1, 0.15) is 11.6 Å². The fraction of sp³-hybridized carbons (Fsp3) is 0.400. The lowest BCUT2D eigenvalue weighted by Gasteiger charge is -2.15. The fourth-order valence-corrected chi connectivity index (χ4v) is 4.26. The van der Waals surface area contributed by atoms with Crippen molar-refractivity contribution in [2.75, 3.05) is 6.61 Å². The maximum Gasteiger partial charge on any atom is 0.348 e. The van der Waals surface area contributed by atoms with Crippen LogP contribution in [-0.2, 0) is 0 Å². The Balaban J connectivity index is 1.53. The molecule has 30 heavy (non-hydrogen) atoms. The summed E-state index contributed by atoms with van der Waals surface area (Å²) in [6.45, 7) is 4.81. The molecule has 2 aromatic carbocycles. The molecular weight excluding hydrogens is 374 g/mol. The van der Waals surface area contributed by atoms with Crippen LogP contribution in [0.3, 0.4) is 0 Å². The summed E-state index contributed by atoms with van der Waals surface area (Å²) in [5.41, 5.74) is 3.48. The first kappa shape index (κ1) is 20.3. The van der Waals surface area contributed by atoms with Crippen LogP contribution in [0.25, 0.3) is 22.8 Å². The van der Waals surface area contributed by atoms with E-state index < -0.39 is 5.69 Å². The number of nitrogens with one attached hydrogen (secondary N) is 1. The van der Waals surface area contributed by atoms with E-state index in [1.54, 1.807) is 0 Å². The van der Waals surface area contributed by atoms with Gasteiger partial charge in [-0.15, -0.1) is 0 Å². The molecule has 1 aliphatic rings. The highest BCUT2D eigenvalue weighted by molar-refractivity contribution is 5.66. The minimum Gasteiger partial charge on any atom is -0.493 e. The van der Waals surface area contributed by atoms with Crippen LogP contribution in [0.15, 0.2) is 47.3 Å². The number of ether oxygens (including phenoxy) is 1. The summed E-state index contributed by atoms with van der Waals surface area (Å²) in [7, 11) is 0. The van der Waals surface area contributed by atoms with Crippen molar-refractivity contribution in [3.63, 3.8) is 0 Å². The molecule has 1 N–H and O–H groups in total. The molecule has 0 spiro atoms. The highest BCUT2D eigenvalue weighted by Gasteiger charge is 2.14. The molecule has 5 nitrogen and oxygen atoms in total. The predicted molar refractivity (Wildman–Crippen MR) is 120 cm³/mol. The molecule has 1 heterocycles. The normalized spacial score (nSPS) is 15.0. The minimum atomic E-state index is -0.397. The average molecular weight is 404 g/mol. The van der Waals surface area contributed by atoms with Crippen molar-refractivity contribution < 1.29 is 4.74 Å². The Morgan fingerprint density at radius 1 is 0.933 bits per heavy atom. The van der Waals surface area contributed by atoms with Gasteiger partial charge in [-0.25, -0.2) is 9.78 Å². The molecule has 1 aromatic heterocycles. The fourth-order valence-electron chi connectivity index (χ4n) is 4.26. The van der Waals surface area contributed by atoms with Crippen LogP contribution in [0.2, 0.25) is 0 Å². The van der Waals surface area contributed by atoms with Crippen molar-refractivity contribution in [3.05, 3.63) is 64.1 Å². The summed E-state index contributed by atoms with van der Waals surface area (Å²) in [6.07, 6.45) is 7.86. The Morgan fingerprint density at radius 3 is 2.27 bits per heavy atom. The van der Waals surface area contributed by atoms with E-state index in [0.29, 0.717) is 17.6 Å². The van der Waals surface area contributed by atoms with Crippen LogP contribution in [0.5, 0.6) is 5.75 Å². The Morgan fingerprint density at radius 2 is 1.60 bits per heavy atom. The van der Waals surface area contributed by atoms with E-state index >= 15 is 0 Å². The second-order valence-corrected chi connectivity index (χ2v) is 8.29. The maximum absolute atomic E-state index is 12.2. The Hall–Kier alpha value is -2.95. The van der Waals surface area contributed by atoms with E-state index in [0.717, 1.165) is 34.6 Å². The molecule has 1 aliphatic carbocycles. The zero-order chi connectivity index (χ0) is 20.9. The van der Waals surface area contributed by atoms with Crippen LogP contribution in [0.4, 0.5) is 0 Å². The van der Waals surface area contributed by atoms with Gasteiger partial charge in [-0.05, 0) is 68.0 Å². The zero-order valence-corrected chi connectivity index (χ0v) is 17.8. The van der Waals surface area contributed by atoms with Gasteiger partial charge in [0.15, 0.2) is 5.82 Å². The molecule has 1 saturated carbocycles. The first-order valence-electron chi connectivity index (χ1n) is 10.9. The number of benzene rings is 2. The molecular formula is C25H29N3O2. The average Bonchev–Trinajstić information content (AvgIpc) is 3.01. The highest BCUT2D eigenvalue weighted by Crippen LogP contribution is 2.27. The molecule has 0 radical (unpaired) electrons. The van der Waals surface area contributed by atoms with E-state index in [1.165, 1.54) is 38.5 Å². The van der Waals surface area contributed by atoms with Crippen LogP contribution in [0, 0.1) is 19.8 Å². The first-order chi connectivity index (χ1) is 14.6. The smallest absolute Gasteiger partial charge is 0.348 e. The lowest BCUT2D eigenvalue weighted by atomic mass is 10.0. The number of aryl methyl sites for hydroxylation is 2. The molecule has 1 fully saturated rings. The molecule has 0 atom stereocenters. The number of hydrogen-bond donors (Lipinski definition) is 1. The Kier molecular flexibility index (Phi) is 6.26. The predicted octanol–water partition coefficient (Wildman–Crippen LogP) is 5.46. The monoisotopic (exact) mass is 403 g/mol. The second-order valence-electron chi connectivity index (χ2n) is 8.29. The van der Waals surface area contributed by atoms with Gasteiger partial charge in [0.2, 0.25) is 0 Å². The molecule has 0 saturated heterocycles. The summed E-state index contributed by atoms with van der Waals surface area (Å²) >= 11 is 0. The zero-order valence-electron chi connectivity index (χ0n) is 17.8. The molecule has 4 rings (SSSR count). The van der Waals surface area contributed by atoms with E-state index in [4.69, 9.17) is 4.74 Å². The lowest BCUT2D eigenvalue weighted by molar-refractivity contribution is 0.234. The van der Waals surface area contributed by atoms with Gasteiger partial charge >= 0.3 is 5.69 Å². The van der Waals surface area contributed by atoms with Crippen molar-refractivity contribution in [3.8, 4) is 28.5 Å². The SMILES string of the molecule is Cc1cccc(C)c1-c1nc(-c2ccc(OCC3CCCCCC3)cc2)nc(=O)[nH]1. The first-order valence-corrected chi connectivity index (χ1v) is 10.9. The van der Waals surface area contributed by atoms with Gasteiger partial charge in [-0.2, -0.15) is 4.98 Å². The summed E-state index contributed by atoms with van der Waals surface area (Å²) < 4.78 is 6.03. The Labute approximate surface area is 177 Å². The van der Waals surface area contributed by atoms with Gasteiger partial charge < -0.3 is 4.74 Å². The largest absolute Gasteiger partial charge is 0.493 e. The van der Waals surface area contributed by atoms with E-state index in [9.17, 15) is 4.79 Å². The lowest BCUT2D eigenvalue weighted by Crippen LogP contribution is -2.15. The van der Waals surface area contributed by atoms with E-state index in [1.807, 2.05) is 56.3 Å². The number of aromatic nitrogens is 3. The van der Waals surface area contributed by atoms with E-state index in [-0.39, 0.29) is 0 Å². The molecule has 0 bridgehead atoms. The van der Waals surface area contributed by atoms with Crippen LogP contribution in [-0.4, -0.2) is 21.6 Å². The minimum absolute atomic E-state index is 0.397. The summed E-state index contributed by atoms with van der Waals surface area (Å²) in [4.78, 5) is 23.7. The topological polar surface area (TPSA) is 67.9 Å². The third kappa shape index (κ3) is 4.78. The van der Waals surface area contributed by atoms with Gasteiger partial charge in [0.05, 0.1) is 6.61 Å². The number of H-pyrrole nitrogens is 1. The summed E-state index contributed by atoms with van der Waals surface area (Å²) in [5, 5.41) is 0. The second kappa shape index (κ2) is 9.24. The molecule has 0 amide bonds. The molecule has 0 aliphatic heterocycles. The van der Waals surface area contributed by atoms with Crippen LogP contribution < -0.4 is 10.4 Å². The van der Waals surface area contributed by atoms with Gasteiger partial charge in [-0.3, -0.25) is 4.98 Å². The van der Waals surface area contributed by atoms with Gasteiger partial charge in [0.25, 0.3) is 0 Å². The van der Waals surface area contributed by atoms with Crippen molar-refractivity contribution in [1.82, 2.24) is 15.0 Å². The number of hydrogen-bond acceptors (Lipinski definition) is 4. The third-order valence-corrected chi connectivity index (χ3v) is 5.94. The van der Waals surface area contributed by atoms with Crippen molar-refractivity contribution in [2.24, 2.45) is 5.92 Å². The Bertz CT molecular complexity index is 1030. The number of rotatable bonds is 5. The van der Waals surface area contributed by atoms with Gasteiger partial charge in [-0.1, -0.05) is 43.9 Å². The van der Waals surface area contributed by atoms with Crippen molar-refractivity contribution in [2.45, 2.75) is 52.4 Å². The van der Waals surface area contributed by atoms with Crippen molar-refractivity contribution in [1.29, 1.82) is 0 Å². The molecule has 0 unspecified atom stereocenters. The highest BCUT2D eigenvalue weighted by atomic mass is 16.5. The number of aromatic amines is 1. The van der Waals surface area contributed by atoms with E-state index in [2.05, 4.69) is 15.0 Å². The quantitative estimate of drug-likeness (QED) is 0.574. The maximum atomic E-state index is 12.2. The van der Waals surface area contributed by atoms with Crippen LogP contribution >= 0.6 is 0 Å². The third-order valence-electron chi connectivity index (χ3n) is 5.94. The summed E-state index contributed by atoms with van der Waals surface area (Å²) in [5.74, 6) is 2.48. The standard InChI is InChI=1S/C25H29N3O2/c1-17-8-7-9-18(2)22(17)24-26-23(27-25(29)28-24)20-12-14-21(15-13-20)30-16-19-10-5-3-4-6-11-19/h7-9,12-15,19H,3-6,10-11,16H2,1-2H3,(H,26,27,28,29).